The van der Waals surface area contributed by atoms with E-state index in [9.17, 15) is 24.8 Å². The number of nitro groups is 1. The summed E-state index contributed by atoms with van der Waals surface area (Å²) >= 11 is 1.08. The van der Waals surface area contributed by atoms with Crippen LogP contribution in [-0.2, 0) is 9.59 Å². The normalized spacial score (nSPS) is 10.1. The maximum absolute atomic E-state index is 11.8. The number of aromatic hydroxyl groups is 1. The molecular formula is C16H15N3O5S. The Morgan fingerprint density at radius 1 is 1.04 bits per heavy atom. The van der Waals surface area contributed by atoms with Crippen LogP contribution < -0.4 is 10.6 Å². The Balaban J connectivity index is 1.80. The lowest BCUT2D eigenvalue weighted by atomic mass is 10.2. The van der Waals surface area contributed by atoms with Crippen molar-refractivity contribution < 1.29 is 19.6 Å². The molecule has 3 N–H and O–H groups in total. The molecule has 2 amide bonds. The van der Waals surface area contributed by atoms with Gasteiger partial charge in [-0.05, 0) is 18.2 Å². The number of carbonyl (C=O) groups excluding carboxylic acids is 2. The van der Waals surface area contributed by atoms with Gasteiger partial charge in [-0.25, -0.2) is 0 Å². The molecule has 0 saturated carbocycles. The van der Waals surface area contributed by atoms with Gasteiger partial charge in [-0.15, -0.1) is 11.8 Å². The number of hydrogen-bond donors (Lipinski definition) is 3. The molecule has 0 bridgehead atoms. The smallest absolute Gasteiger partial charge is 0.271 e. The number of para-hydroxylation sites is 1. The third kappa shape index (κ3) is 5.81. The standard InChI is InChI=1S/C16H15N3O5S/c20-14-7-6-12(19(23)24)8-13(14)18-16(22)10-25-9-15(21)17-11-4-2-1-3-5-11/h1-8,20H,9-10H2,(H,17,21)(H,18,22). The summed E-state index contributed by atoms with van der Waals surface area (Å²) in [5, 5.41) is 25.4. The first kappa shape index (κ1) is 18.3. The molecule has 0 atom stereocenters. The molecule has 0 aliphatic heterocycles. The second-order valence-corrected chi connectivity index (χ2v) is 5.90. The zero-order valence-corrected chi connectivity index (χ0v) is 13.8. The highest BCUT2D eigenvalue weighted by atomic mass is 32.2. The van der Waals surface area contributed by atoms with Gasteiger partial charge in [-0.1, -0.05) is 18.2 Å². The summed E-state index contributed by atoms with van der Waals surface area (Å²) < 4.78 is 0. The number of nitrogens with zero attached hydrogens (tertiary/aromatic N) is 1. The van der Waals surface area contributed by atoms with Crippen LogP contribution in [0.4, 0.5) is 17.1 Å². The van der Waals surface area contributed by atoms with Crippen molar-refractivity contribution in [3.8, 4) is 5.75 Å². The van der Waals surface area contributed by atoms with Crippen molar-refractivity contribution in [2.75, 3.05) is 22.1 Å². The number of carbonyl (C=O) groups is 2. The quantitative estimate of drug-likeness (QED) is 0.396. The number of thioether (sulfide) groups is 1. The fourth-order valence-electron chi connectivity index (χ4n) is 1.88. The highest BCUT2D eigenvalue weighted by molar-refractivity contribution is 8.00. The van der Waals surface area contributed by atoms with Crippen LogP contribution in [-0.4, -0.2) is 33.3 Å². The van der Waals surface area contributed by atoms with Crippen LogP contribution in [0, 0.1) is 10.1 Å². The Morgan fingerprint density at radius 2 is 1.68 bits per heavy atom. The van der Waals surface area contributed by atoms with Crippen LogP contribution in [0.5, 0.6) is 5.75 Å². The van der Waals surface area contributed by atoms with E-state index < -0.39 is 10.8 Å². The maximum atomic E-state index is 11.8. The molecule has 0 radical (unpaired) electrons. The summed E-state index contributed by atoms with van der Waals surface area (Å²) in [6.07, 6.45) is 0. The number of nitrogens with one attached hydrogen (secondary N) is 2. The van der Waals surface area contributed by atoms with E-state index in [1.165, 1.54) is 0 Å². The number of rotatable bonds is 7. The zero-order valence-electron chi connectivity index (χ0n) is 13.0. The largest absolute Gasteiger partial charge is 0.506 e. The van der Waals surface area contributed by atoms with Gasteiger partial charge in [0, 0.05) is 17.8 Å². The van der Waals surface area contributed by atoms with Crippen LogP contribution in [0.25, 0.3) is 0 Å². The maximum Gasteiger partial charge on any atom is 0.271 e. The van der Waals surface area contributed by atoms with E-state index in [1.54, 1.807) is 24.3 Å². The van der Waals surface area contributed by atoms with E-state index in [0.29, 0.717) is 5.69 Å². The molecule has 130 valence electrons. The highest BCUT2D eigenvalue weighted by Gasteiger charge is 2.13. The first-order valence-electron chi connectivity index (χ1n) is 7.15. The lowest BCUT2D eigenvalue weighted by Gasteiger charge is -2.07. The van der Waals surface area contributed by atoms with Gasteiger partial charge in [0.05, 0.1) is 22.1 Å². The summed E-state index contributed by atoms with van der Waals surface area (Å²) in [7, 11) is 0. The molecule has 0 spiro atoms. The molecule has 0 unspecified atom stereocenters. The SMILES string of the molecule is O=C(CSCC(=O)Nc1cc([N+](=O)[O-])ccc1O)Nc1ccccc1. The molecule has 2 rings (SSSR count). The fourth-order valence-corrected chi connectivity index (χ4v) is 2.50. The zero-order chi connectivity index (χ0) is 18.2. The number of nitro benzene ring substituents is 1. The summed E-state index contributed by atoms with van der Waals surface area (Å²) in [6.45, 7) is 0. The molecular weight excluding hydrogens is 346 g/mol. The number of non-ortho nitro benzene ring substituents is 1. The van der Waals surface area contributed by atoms with E-state index in [4.69, 9.17) is 0 Å². The van der Waals surface area contributed by atoms with Crippen LogP contribution in [0.3, 0.4) is 0 Å². The van der Waals surface area contributed by atoms with E-state index >= 15 is 0 Å². The third-order valence-corrected chi connectivity index (χ3v) is 3.92. The van der Waals surface area contributed by atoms with Crippen LogP contribution in [0.1, 0.15) is 0 Å². The molecule has 2 aromatic rings. The van der Waals surface area contributed by atoms with Gasteiger partial charge >= 0.3 is 0 Å². The Bertz CT molecular complexity index is 783. The van der Waals surface area contributed by atoms with Crippen LogP contribution in [0.15, 0.2) is 48.5 Å². The van der Waals surface area contributed by atoms with Gasteiger partial charge < -0.3 is 15.7 Å². The van der Waals surface area contributed by atoms with Crippen LogP contribution >= 0.6 is 11.8 Å². The van der Waals surface area contributed by atoms with Gasteiger partial charge in [0.25, 0.3) is 5.69 Å². The van der Waals surface area contributed by atoms with Crippen molar-refractivity contribution >= 4 is 40.6 Å². The number of phenols is 1. The number of benzene rings is 2. The summed E-state index contributed by atoms with van der Waals surface area (Å²) in [6, 6.07) is 12.3. The minimum atomic E-state index is -0.627. The van der Waals surface area contributed by atoms with E-state index in [1.807, 2.05) is 6.07 Å². The average Bonchev–Trinajstić information content (AvgIpc) is 2.57. The summed E-state index contributed by atoms with van der Waals surface area (Å²) in [5.74, 6) is -0.964. The van der Waals surface area contributed by atoms with Crippen molar-refractivity contribution in [1.82, 2.24) is 0 Å². The lowest BCUT2D eigenvalue weighted by molar-refractivity contribution is -0.384. The Kier molecular flexibility index (Phi) is 6.35. The third-order valence-electron chi connectivity index (χ3n) is 2.99. The number of anilines is 2. The summed E-state index contributed by atoms with van der Waals surface area (Å²) in [4.78, 5) is 33.7. The summed E-state index contributed by atoms with van der Waals surface area (Å²) in [5.41, 5.74) is 0.371. The molecule has 0 aromatic heterocycles. The number of hydrogen-bond acceptors (Lipinski definition) is 6. The molecule has 9 heteroatoms. The molecule has 8 nitrogen and oxygen atoms in total. The second-order valence-electron chi connectivity index (χ2n) is 4.91. The average molecular weight is 361 g/mol. The van der Waals surface area contributed by atoms with Crippen molar-refractivity contribution in [3.05, 3.63) is 58.6 Å². The molecule has 0 fully saturated rings. The van der Waals surface area contributed by atoms with E-state index in [2.05, 4.69) is 10.6 Å². The predicted octanol–water partition coefficient (Wildman–Crippen LogP) is 2.61. The first-order valence-corrected chi connectivity index (χ1v) is 8.31. The van der Waals surface area contributed by atoms with Gasteiger partial charge in [0.15, 0.2) is 0 Å². The van der Waals surface area contributed by atoms with Gasteiger partial charge in [0.1, 0.15) is 5.75 Å². The lowest BCUT2D eigenvalue weighted by Crippen LogP contribution is -2.18. The second kappa shape index (κ2) is 8.69. The number of phenolic OH excluding ortho intramolecular Hbond substituents is 1. The predicted molar refractivity (Wildman–Crippen MR) is 95.8 cm³/mol. The highest BCUT2D eigenvalue weighted by Crippen LogP contribution is 2.27. The molecule has 0 aliphatic carbocycles. The van der Waals surface area contributed by atoms with E-state index in [-0.39, 0.29) is 34.5 Å². The minimum Gasteiger partial charge on any atom is -0.506 e. The Hall–Kier alpha value is -3.07. The fraction of sp³-hybridized carbons (Fsp3) is 0.125. The van der Waals surface area contributed by atoms with Crippen molar-refractivity contribution in [3.63, 3.8) is 0 Å². The van der Waals surface area contributed by atoms with Crippen molar-refractivity contribution in [2.24, 2.45) is 0 Å². The van der Waals surface area contributed by atoms with Gasteiger partial charge in [-0.2, -0.15) is 0 Å². The number of amides is 2. The molecule has 2 aromatic carbocycles. The molecule has 25 heavy (non-hydrogen) atoms. The molecule has 0 saturated heterocycles. The van der Waals surface area contributed by atoms with E-state index in [0.717, 1.165) is 30.0 Å². The Labute approximate surface area is 147 Å². The molecule has 0 heterocycles. The van der Waals surface area contributed by atoms with Gasteiger partial charge in [0.2, 0.25) is 11.8 Å². The Morgan fingerprint density at radius 3 is 2.32 bits per heavy atom. The van der Waals surface area contributed by atoms with Gasteiger partial charge in [-0.3, -0.25) is 19.7 Å². The van der Waals surface area contributed by atoms with Crippen molar-refractivity contribution in [2.45, 2.75) is 0 Å². The van der Waals surface area contributed by atoms with Crippen molar-refractivity contribution in [1.29, 1.82) is 0 Å². The first-order chi connectivity index (χ1) is 12.0. The molecule has 0 aliphatic rings. The topological polar surface area (TPSA) is 122 Å². The van der Waals surface area contributed by atoms with Crippen LogP contribution in [0.2, 0.25) is 0 Å². The minimum absolute atomic E-state index is 0.0374. The monoisotopic (exact) mass is 361 g/mol.